The van der Waals surface area contributed by atoms with Crippen molar-refractivity contribution in [2.24, 2.45) is 0 Å². The molecule has 0 fully saturated rings. The third-order valence-electron chi connectivity index (χ3n) is 4.35. The second-order valence-electron chi connectivity index (χ2n) is 5.99. The van der Waals surface area contributed by atoms with Crippen molar-refractivity contribution >= 4 is 17.5 Å². The number of nitrogens with zero attached hydrogens (tertiary/aromatic N) is 3. The first kappa shape index (κ1) is 18.4. The highest BCUT2D eigenvalue weighted by Crippen LogP contribution is 2.15. The number of benzene rings is 2. The Morgan fingerprint density at radius 2 is 1.67 bits per heavy atom. The zero-order chi connectivity index (χ0) is 19.2. The maximum Gasteiger partial charge on any atom is 0.274 e. The molecule has 0 spiro atoms. The van der Waals surface area contributed by atoms with Crippen LogP contribution in [0.1, 0.15) is 34.7 Å². The fraction of sp³-hybridized carbons (Fsp3) is 0.190. The molecule has 0 aliphatic carbocycles. The van der Waals surface area contributed by atoms with Gasteiger partial charge >= 0.3 is 0 Å². The van der Waals surface area contributed by atoms with E-state index in [-0.39, 0.29) is 11.8 Å². The summed E-state index contributed by atoms with van der Waals surface area (Å²) in [5, 5.41) is 2.85. The minimum absolute atomic E-state index is 0.0139. The highest BCUT2D eigenvalue weighted by atomic mass is 16.2. The van der Waals surface area contributed by atoms with Crippen molar-refractivity contribution < 1.29 is 9.59 Å². The first-order chi connectivity index (χ1) is 13.1. The lowest BCUT2D eigenvalue weighted by Crippen LogP contribution is -2.30. The number of hydrogen-bond acceptors (Lipinski definition) is 3. The van der Waals surface area contributed by atoms with Gasteiger partial charge in [-0.25, -0.2) is 4.98 Å². The van der Waals surface area contributed by atoms with Gasteiger partial charge in [-0.2, -0.15) is 0 Å². The van der Waals surface area contributed by atoms with Gasteiger partial charge in [-0.05, 0) is 50.2 Å². The molecule has 1 heterocycles. The predicted molar refractivity (Wildman–Crippen MR) is 105 cm³/mol. The molecule has 2 aromatic carbocycles. The van der Waals surface area contributed by atoms with E-state index in [2.05, 4.69) is 10.3 Å². The van der Waals surface area contributed by atoms with Crippen molar-refractivity contribution in [3.8, 4) is 5.69 Å². The average molecular weight is 362 g/mol. The summed E-state index contributed by atoms with van der Waals surface area (Å²) in [7, 11) is 0. The van der Waals surface area contributed by atoms with Crippen LogP contribution < -0.4 is 5.32 Å². The summed E-state index contributed by atoms with van der Waals surface area (Å²) in [6.07, 6.45) is 3.14. The number of rotatable bonds is 6. The van der Waals surface area contributed by atoms with E-state index in [1.165, 1.54) is 6.20 Å². The second-order valence-corrected chi connectivity index (χ2v) is 5.99. The lowest BCUT2D eigenvalue weighted by atomic mass is 10.1. The monoisotopic (exact) mass is 362 g/mol. The van der Waals surface area contributed by atoms with Crippen molar-refractivity contribution in [3.05, 3.63) is 78.4 Å². The van der Waals surface area contributed by atoms with Gasteiger partial charge in [0.2, 0.25) is 0 Å². The molecular weight excluding hydrogens is 340 g/mol. The molecule has 0 radical (unpaired) electrons. The zero-order valence-electron chi connectivity index (χ0n) is 15.4. The van der Waals surface area contributed by atoms with Crippen molar-refractivity contribution in [1.29, 1.82) is 0 Å². The number of aromatic nitrogens is 2. The molecule has 27 heavy (non-hydrogen) atoms. The molecule has 0 aliphatic heterocycles. The average Bonchev–Trinajstić information content (AvgIpc) is 3.20. The highest BCUT2D eigenvalue weighted by molar-refractivity contribution is 6.03. The van der Waals surface area contributed by atoms with Gasteiger partial charge in [-0.15, -0.1) is 0 Å². The molecule has 0 saturated heterocycles. The number of nitrogens with one attached hydrogen (secondary N) is 1. The number of anilines is 1. The van der Waals surface area contributed by atoms with E-state index in [0.717, 1.165) is 5.69 Å². The van der Waals surface area contributed by atoms with Gasteiger partial charge in [-0.3, -0.25) is 14.2 Å². The van der Waals surface area contributed by atoms with Crippen molar-refractivity contribution in [2.75, 3.05) is 18.4 Å². The molecule has 3 rings (SSSR count). The fourth-order valence-electron chi connectivity index (χ4n) is 2.84. The zero-order valence-corrected chi connectivity index (χ0v) is 15.4. The fourth-order valence-corrected chi connectivity index (χ4v) is 2.84. The number of imidazole rings is 1. The van der Waals surface area contributed by atoms with E-state index in [0.29, 0.717) is 30.0 Å². The summed E-state index contributed by atoms with van der Waals surface area (Å²) < 4.78 is 1.73. The highest BCUT2D eigenvalue weighted by Gasteiger charge is 2.15. The Hall–Kier alpha value is -3.41. The Morgan fingerprint density at radius 1 is 1.00 bits per heavy atom. The molecule has 0 atom stereocenters. The minimum Gasteiger partial charge on any atom is -0.339 e. The molecule has 3 aromatic rings. The Morgan fingerprint density at radius 3 is 2.30 bits per heavy atom. The van der Waals surface area contributed by atoms with E-state index >= 15 is 0 Å². The van der Waals surface area contributed by atoms with Crippen LogP contribution in [0, 0.1) is 0 Å². The number of para-hydroxylation sites is 1. The van der Waals surface area contributed by atoms with E-state index in [4.69, 9.17) is 0 Å². The van der Waals surface area contributed by atoms with Gasteiger partial charge in [-0.1, -0.05) is 18.2 Å². The van der Waals surface area contributed by atoms with Gasteiger partial charge < -0.3 is 10.2 Å². The lowest BCUT2D eigenvalue weighted by Gasteiger charge is -2.18. The van der Waals surface area contributed by atoms with Crippen LogP contribution in [0.3, 0.4) is 0 Å². The van der Waals surface area contributed by atoms with Gasteiger partial charge in [0.15, 0.2) is 0 Å². The van der Waals surface area contributed by atoms with E-state index in [9.17, 15) is 9.59 Å². The largest absolute Gasteiger partial charge is 0.339 e. The molecule has 138 valence electrons. The second kappa shape index (κ2) is 8.31. The van der Waals surface area contributed by atoms with Gasteiger partial charge in [0.05, 0.1) is 12.5 Å². The van der Waals surface area contributed by atoms with E-state index < -0.39 is 0 Å². The van der Waals surface area contributed by atoms with Crippen LogP contribution >= 0.6 is 0 Å². The smallest absolute Gasteiger partial charge is 0.274 e. The van der Waals surface area contributed by atoms with Gasteiger partial charge in [0.25, 0.3) is 11.8 Å². The summed E-state index contributed by atoms with van der Waals surface area (Å²) in [6.45, 7) is 5.23. The third kappa shape index (κ3) is 4.06. The number of carbonyl (C=O) groups is 2. The van der Waals surface area contributed by atoms with Crippen molar-refractivity contribution in [1.82, 2.24) is 14.5 Å². The number of amides is 2. The maximum absolute atomic E-state index is 12.6. The van der Waals surface area contributed by atoms with Crippen LogP contribution in [0.25, 0.3) is 5.69 Å². The van der Waals surface area contributed by atoms with Crippen LogP contribution in [-0.4, -0.2) is 39.4 Å². The normalized spacial score (nSPS) is 10.4. The maximum atomic E-state index is 12.6. The van der Waals surface area contributed by atoms with E-state index in [1.807, 2.05) is 44.2 Å². The molecule has 1 aromatic heterocycles. The molecule has 1 N–H and O–H groups in total. The molecule has 0 saturated carbocycles. The van der Waals surface area contributed by atoms with Crippen LogP contribution in [0.4, 0.5) is 5.69 Å². The van der Waals surface area contributed by atoms with Gasteiger partial charge in [0, 0.05) is 30.0 Å². The molecule has 6 heteroatoms. The Labute approximate surface area is 158 Å². The number of carbonyl (C=O) groups excluding carboxylic acids is 2. The summed E-state index contributed by atoms with van der Waals surface area (Å²) >= 11 is 0. The first-order valence-corrected chi connectivity index (χ1v) is 8.92. The Balaban J connectivity index is 1.74. The quantitative estimate of drug-likeness (QED) is 0.728. The van der Waals surface area contributed by atoms with Crippen LogP contribution in [0.2, 0.25) is 0 Å². The van der Waals surface area contributed by atoms with Crippen molar-refractivity contribution in [2.45, 2.75) is 13.8 Å². The van der Waals surface area contributed by atoms with Crippen LogP contribution in [0.5, 0.6) is 0 Å². The lowest BCUT2D eigenvalue weighted by molar-refractivity contribution is 0.0773. The standard InChI is InChI=1S/C21H22N4O2/c1-3-24(4-2)21(27)16-10-12-17(13-11-16)23-20(26)19-14-22-15-25(19)18-8-6-5-7-9-18/h5-15H,3-4H2,1-2H3,(H,23,26). The number of hydrogen-bond donors (Lipinski definition) is 1. The van der Waals surface area contributed by atoms with E-state index in [1.54, 1.807) is 40.1 Å². The van der Waals surface area contributed by atoms with Crippen LogP contribution in [0.15, 0.2) is 67.1 Å². The molecule has 0 bridgehead atoms. The molecule has 6 nitrogen and oxygen atoms in total. The topological polar surface area (TPSA) is 67.2 Å². The Kier molecular flexibility index (Phi) is 5.66. The molecular formula is C21H22N4O2. The van der Waals surface area contributed by atoms with Crippen molar-refractivity contribution in [3.63, 3.8) is 0 Å². The molecule has 0 unspecified atom stereocenters. The van der Waals surface area contributed by atoms with Crippen LogP contribution in [-0.2, 0) is 0 Å². The summed E-state index contributed by atoms with van der Waals surface area (Å²) in [6, 6.07) is 16.5. The SMILES string of the molecule is CCN(CC)C(=O)c1ccc(NC(=O)c2cncn2-c2ccccc2)cc1. The minimum atomic E-state index is -0.265. The summed E-state index contributed by atoms with van der Waals surface area (Å²) in [5.41, 5.74) is 2.52. The first-order valence-electron chi connectivity index (χ1n) is 8.92. The van der Waals surface area contributed by atoms with Gasteiger partial charge in [0.1, 0.15) is 5.69 Å². The summed E-state index contributed by atoms with van der Waals surface area (Å²) in [5.74, 6) is -0.279. The molecule has 0 aliphatic rings. The molecule has 2 amide bonds. The Bertz CT molecular complexity index is 913. The third-order valence-corrected chi connectivity index (χ3v) is 4.35. The summed E-state index contributed by atoms with van der Waals surface area (Å²) in [4.78, 5) is 30.8. The predicted octanol–water partition coefficient (Wildman–Crippen LogP) is 3.61.